The Bertz CT molecular complexity index is 425. The maximum Gasteiger partial charge on any atom is 0.358 e. The molecule has 1 amide bonds. The Morgan fingerprint density at radius 3 is 2.44 bits per heavy atom. The van der Waals surface area contributed by atoms with Gasteiger partial charge in [0.25, 0.3) is 5.91 Å². The third kappa shape index (κ3) is 4.92. The Morgan fingerprint density at radius 1 is 1.39 bits per heavy atom. The highest BCUT2D eigenvalue weighted by Gasteiger charge is 2.13. The van der Waals surface area contributed by atoms with Crippen LogP contribution in [0.15, 0.2) is 23.7 Å². The van der Waals surface area contributed by atoms with E-state index in [4.69, 9.17) is 16.6 Å². The largest absolute Gasteiger partial charge is 0.464 e. The van der Waals surface area contributed by atoms with Crippen molar-refractivity contribution in [1.82, 2.24) is 10.6 Å². The molecule has 0 aliphatic heterocycles. The van der Waals surface area contributed by atoms with Crippen LogP contribution in [-0.2, 0) is 14.3 Å². The van der Waals surface area contributed by atoms with Crippen molar-refractivity contribution >= 4 is 23.8 Å². The van der Waals surface area contributed by atoms with Gasteiger partial charge in [-0.3, -0.25) is 10.2 Å². The number of amides is 1. The minimum Gasteiger partial charge on any atom is -0.464 e. The highest BCUT2D eigenvalue weighted by Crippen LogP contribution is 1.92. The first kappa shape index (κ1) is 15.4. The zero-order valence-corrected chi connectivity index (χ0v) is 10.0. The van der Waals surface area contributed by atoms with Crippen molar-refractivity contribution in [3.63, 3.8) is 0 Å². The molecule has 0 aliphatic rings. The topological polar surface area (TPSA) is 141 Å². The van der Waals surface area contributed by atoms with E-state index >= 15 is 0 Å². The van der Waals surface area contributed by atoms with Gasteiger partial charge in [0, 0.05) is 25.5 Å². The third-order valence-electron chi connectivity index (χ3n) is 1.69. The molecular weight excluding hydrogens is 238 g/mol. The average molecular weight is 253 g/mol. The SMILES string of the molecule is CN/C=C(\C=N)NC(=O)/C=C(/N)C(=N)C(=O)OC. The van der Waals surface area contributed by atoms with Gasteiger partial charge in [0.05, 0.1) is 18.5 Å². The van der Waals surface area contributed by atoms with E-state index < -0.39 is 17.6 Å². The molecule has 0 atom stereocenters. The Labute approximate surface area is 104 Å². The summed E-state index contributed by atoms with van der Waals surface area (Å²) in [6.45, 7) is 0. The zero-order valence-electron chi connectivity index (χ0n) is 10.0. The van der Waals surface area contributed by atoms with Crippen LogP contribution in [0.2, 0.25) is 0 Å². The Hall–Kier alpha value is -2.64. The van der Waals surface area contributed by atoms with Crippen LogP contribution in [0.3, 0.4) is 0 Å². The van der Waals surface area contributed by atoms with Crippen LogP contribution >= 0.6 is 0 Å². The molecule has 98 valence electrons. The van der Waals surface area contributed by atoms with Gasteiger partial charge in [-0.2, -0.15) is 0 Å². The van der Waals surface area contributed by atoms with Gasteiger partial charge in [0.15, 0.2) is 5.71 Å². The fourth-order valence-corrected chi connectivity index (χ4v) is 0.881. The normalized spacial score (nSPS) is 11.4. The lowest BCUT2D eigenvalue weighted by Gasteiger charge is -2.04. The predicted octanol–water partition coefficient (Wildman–Crippen LogP) is -1.15. The summed E-state index contributed by atoms with van der Waals surface area (Å²) in [4.78, 5) is 22.4. The van der Waals surface area contributed by atoms with Crippen LogP contribution < -0.4 is 16.4 Å². The van der Waals surface area contributed by atoms with E-state index in [0.29, 0.717) is 0 Å². The highest BCUT2D eigenvalue weighted by atomic mass is 16.5. The summed E-state index contributed by atoms with van der Waals surface area (Å²) in [5.74, 6) is -1.60. The second-order valence-corrected chi connectivity index (χ2v) is 2.99. The maximum atomic E-state index is 11.4. The highest BCUT2D eigenvalue weighted by molar-refractivity contribution is 6.42. The van der Waals surface area contributed by atoms with Crippen molar-refractivity contribution in [2.24, 2.45) is 5.73 Å². The minimum absolute atomic E-state index is 0.205. The molecule has 6 N–H and O–H groups in total. The summed E-state index contributed by atoms with van der Waals surface area (Å²) in [6, 6.07) is 0. The smallest absolute Gasteiger partial charge is 0.358 e. The van der Waals surface area contributed by atoms with Crippen molar-refractivity contribution < 1.29 is 14.3 Å². The fraction of sp³-hybridized carbons (Fsp3) is 0.200. The van der Waals surface area contributed by atoms with Gasteiger partial charge >= 0.3 is 5.97 Å². The Morgan fingerprint density at radius 2 is 2.00 bits per heavy atom. The summed E-state index contributed by atoms with van der Waals surface area (Å²) in [5, 5.41) is 19.2. The Balaban J connectivity index is 4.73. The average Bonchev–Trinajstić information content (AvgIpc) is 2.35. The lowest BCUT2D eigenvalue weighted by molar-refractivity contribution is -0.132. The second-order valence-electron chi connectivity index (χ2n) is 2.99. The van der Waals surface area contributed by atoms with Crippen molar-refractivity contribution in [3.05, 3.63) is 23.7 Å². The van der Waals surface area contributed by atoms with Crippen LogP contribution in [0, 0.1) is 10.8 Å². The van der Waals surface area contributed by atoms with Gasteiger partial charge in [0.2, 0.25) is 0 Å². The molecule has 0 aromatic heterocycles. The molecular formula is C10H15N5O3. The van der Waals surface area contributed by atoms with E-state index in [1.807, 2.05) is 0 Å². The van der Waals surface area contributed by atoms with Gasteiger partial charge in [0.1, 0.15) is 0 Å². The number of rotatable bonds is 6. The quantitative estimate of drug-likeness (QED) is 0.231. The number of nitrogens with one attached hydrogen (secondary N) is 4. The number of ether oxygens (including phenoxy) is 1. The number of hydrogen-bond acceptors (Lipinski definition) is 7. The van der Waals surface area contributed by atoms with E-state index in [-0.39, 0.29) is 11.4 Å². The minimum atomic E-state index is -0.936. The van der Waals surface area contributed by atoms with Crippen LogP contribution in [0.1, 0.15) is 0 Å². The molecule has 0 aliphatic carbocycles. The standard InChI is InChI=1S/C10H15N5O3/c1-14-5-6(4-11)15-8(16)3-7(12)9(13)10(17)18-2/h3-5,11,13-14H,12H2,1-2H3,(H,15,16)/b6-5+,7-3+,11-4?,13-9?. The number of allylic oxidation sites excluding steroid dienone is 1. The second kappa shape index (κ2) is 7.60. The van der Waals surface area contributed by atoms with E-state index in [2.05, 4.69) is 15.4 Å². The van der Waals surface area contributed by atoms with Crippen LogP contribution in [0.5, 0.6) is 0 Å². The molecule has 0 unspecified atom stereocenters. The number of esters is 1. The van der Waals surface area contributed by atoms with E-state index in [1.54, 1.807) is 7.05 Å². The monoisotopic (exact) mass is 253 g/mol. The first-order valence-electron chi connectivity index (χ1n) is 4.79. The van der Waals surface area contributed by atoms with E-state index in [1.165, 1.54) is 6.20 Å². The van der Waals surface area contributed by atoms with Crippen LogP contribution in [0.25, 0.3) is 0 Å². The zero-order chi connectivity index (χ0) is 14.1. The summed E-state index contributed by atoms with van der Waals surface area (Å²) in [7, 11) is 2.71. The van der Waals surface area contributed by atoms with Crippen LogP contribution in [0.4, 0.5) is 0 Å². The van der Waals surface area contributed by atoms with Gasteiger partial charge in [-0.15, -0.1) is 0 Å². The molecule has 0 rings (SSSR count). The number of hydrogen-bond donors (Lipinski definition) is 5. The van der Waals surface area contributed by atoms with Crippen molar-refractivity contribution in [3.8, 4) is 0 Å². The van der Waals surface area contributed by atoms with Crippen molar-refractivity contribution in [2.45, 2.75) is 0 Å². The molecule has 0 radical (unpaired) electrons. The van der Waals surface area contributed by atoms with Crippen LogP contribution in [-0.4, -0.2) is 38.0 Å². The van der Waals surface area contributed by atoms with Gasteiger partial charge in [-0.25, -0.2) is 4.79 Å². The summed E-state index contributed by atoms with van der Waals surface area (Å²) in [6.07, 6.45) is 3.18. The Kier molecular flexibility index (Phi) is 6.49. The van der Waals surface area contributed by atoms with E-state index in [9.17, 15) is 9.59 Å². The van der Waals surface area contributed by atoms with Crippen molar-refractivity contribution in [2.75, 3.05) is 14.2 Å². The lowest BCUT2D eigenvalue weighted by atomic mass is 10.2. The summed E-state index contributed by atoms with van der Waals surface area (Å²) >= 11 is 0. The first-order chi connectivity index (χ1) is 8.46. The molecule has 0 fully saturated rings. The molecule has 0 saturated carbocycles. The van der Waals surface area contributed by atoms with Crippen molar-refractivity contribution in [1.29, 1.82) is 10.8 Å². The molecule has 0 saturated heterocycles. The molecule has 0 spiro atoms. The first-order valence-corrected chi connectivity index (χ1v) is 4.79. The van der Waals surface area contributed by atoms with Gasteiger partial charge in [-0.05, 0) is 0 Å². The number of nitrogens with two attached hydrogens (primary N) is 1. The molecule has 18 heavy (non-hydrogen) atoms. The third-order valence-corrected chi connectivity index (χ3v) is 1.69. The summed E-state index contributed by atoms with van der Waals surface area (Å²) in [5.41, 5.74) is 4.64. The summed E-state index contributed by atoms with van der Waals surface area (Å²) < 4.78 is 4.28. The molecule has 0 aromatic rings. The van der Waals surface area contributed by atoms with E-state index in [0.717, 1.165) is 19.4 Å². The maximum absolute atomic E-state index is 11.4. The van der Waals surface area contributed by atoms with Gasteiger partial charge in [-0.1, -0.05) is 0 Å². The lowest BCUT2D eigenvalue weighted by Crippen LogP contribution is -2.27. The predicted molar refractivity (Wildman–Crippen MR) is 66.1 cm³/mol. The number of carbonyl (C=O) groups is 2. The molecule has 0 bridgehead atoms. The molecule has 0 heterocycles. The fourth-order valence-electron chi connectivity index (χ4n) is 0.881. The molecule has 8 nitrogen and oxygen atoms in total. The molecule has 0 aromatic carbocycles. The molecule has 8 heteroatoms. The van der Waals surface area contributed by atoms with Gasteiger partial charge < -0.3 is 26.5 Å². The number of carbonyl (C=O) groups excluding carboxylic acids is 2. The number of methoxy groups -OCH3 is 1.